The summed E-state index contributed by atoms with van der Waals surface area (Å²) in [5, 5.41) is 0. The number of rotatable bonds is 3. The molecule has 0 spiro atoms. The second kappa shape index (κ2) is 7.44. The first-order valence-corrected chi connectivity index (χ1v) is 9.57. The van der Waals surface area contributed by atoms with E-state index in [4.69, 9.17) is 4.74 Å². The largest absolute Gasteiger partial charge is 0.373 e. The third kappa shape index (κ3) is 3.73. The second-order valence-corrected chi connectivity index (χ2v) is 7.78. The van der Waals surface area contributed by atoms with Gasteiger partial charge in [0.15, 0.2) is 0 Å². The monoisotopic (exact) mass is 343 g/mol. The maximum absolute atomic E-state index is 13.0. The van der Waals surface area contributed by atoms with Gasteiger partial charge in [-0.15, -0.1) is 0 Å². The first-order valence-electron chi connectivity index (χ1n) is 9.57. The molecule has 0 radical (unpaired) electrons. The van der Waals surface area contributed by atoms with E-state index in [1.54, 1.807) is 0 Å². The summed E-state index contributed by atoms with van der Waals surface area (Å²) in [6, 6.07) is 10.9. The van der Waals surface area contributed by atoms with Crippen molar-refractivity contribution in [1.82, 2.24) is 14.7 Å². The van der Waals surface area contributed by atoms with Crippen LogP contribution in [0.15, 0.2) is 30.3 Å². The molecular weight excluding hydrogens is 314 g/mol. The standard InChI is InChI=1S/C20H29N3O2/c1-21-9-5-8-17(13-21)20(24)23-14-18-19(15-23)25-11-10-22(18)12-16-6-3-2-4-7-16/h2-4,6-7,17-19H,5,8-15H2,1H3/t17-,18-,19-/m0/s1. The quantitative estimate of drug-likeness (QED) is 0.832. The second-order valence-electron chi connectivity index (χ2n) is 7.78. The number of hydrogen-bond acceptors (Lipinski definition) is 4. The van der Waals surface area contributed by atoms with Gasteiger partial charge in [0.05, 0.1) is 24.7 Å². The molecule has 4 rings (SSSR count). The number of fused-ring (bicyclic) bond motifs is 1. The lowest BCUT2D eigenvalue weighted by atomic mass is 9.97. The zero-order chi connectivity index (χ0) is 17.2. The lowest BCUT2D eigenvalue weighted by Crippen LogP contribution is -2.50. The van der Waals surface area contributed by atoms with Crippen LogP contribution >= 0.6 is 0 Å². The van der Waals surface area contributed by atoms with Crippen molar-refractivity contribution < 1.29 is 9.53 Å². The van der Waals surface area contributed by atoms with E-state index in [2.05, 4.69) is 52.1 Å². The molecule has 0 saturated carbocycles. The fraction of sp³-hybridized carbons (Fsp3) is 0.650. The molecule has 1 amide bonds. The predicted octanol–water partition coefficient (Wildman–Crippen LogP) is 1.44. The summed E-state index contributed by atoms with van der Waals surface area (Å²) in [5.74, 6) is 0.505. The van der Waals surface area contributed by atoms with Crippen molar-refractivity contribution in [2.45, 2.75) is 31.5 Å². The van der Waals surface area contributed by atoms with Gasteiger partial charge in [-0.05, 0) is 32.0 Å². The number of morpholine rings is 1. The van der Waals surface area contributed by atoms with Gasteiger partial charge in [0.25, 0.3) is 0 Å². The van der Waals surface area contributed by atoms with Crippen molar-refractivity contribution in [2.75, 3.05) is 46.4 Å². The Hall–Kier alpha value is -1.43. The van der Waals surface area contributed by atoms with Crippen LogP contribution in [0.25, 0.3) is 0 Å². The van der Waals surface area contributed by atoms with Crippen LogP contribution in [-0.2, 0) is 16.1 Å². The van der Waals surface area contributed by atoms with Gasteiger partial charge >= 0.3 is 0 Å². The first kappa shape index (κ1) is 17.0. The molecule has 5 heteroatoms. The zero-order valence-corrected chi connectivity index (χ0v) is 15.1. The third-order valence-electron chi connectivity index (χ3n) is 5.93. The molecular formula is C20H29N3O2. The van der Waals surface area contributed by atoms with Crippen LogP contribution in [-0.4, -0.2) is 79.1 Å². The fourth-order valence-corrected chi connectivity index (χ4v) is 4.58. The Bertz CT molecular complexity index is 594. The van der Waals surface area contributed by atoms with Crippen molar-refractivity contribution in [3.63, 3.8) is 0 Å². The summed E-state index contributed by atoms with van der Waals surface area (Å²) in [4.78, 5) is 19.8. The molecule has 5 nitrogen and oxygen atoms in total. The summed E-state index contributed by atoms with van der Waals surface area (Å²) in [7, 11) is 2.12. The smallest absolute Gasteiger partial charge is 0.227 e. The lowest BCUT2D eigenvalue weighted by Gasteiger charge is -2.36. The Morgan fingerprint density at radius 1 is 1.16 bits per heavy atom. The van der Waals surface area contributed by atoms with E-state index >= 15 is 0 Å². The van der Waals surface area contributed by atoms with Gasteiger partial charge in [-0.3, -0.25) is 9.69 Å². The Labute approximate surface area is 150 Å². The molecule has 3 fully saturated rings. The summed E-state index contributed by atoms with van der Waals surface area (Å²) >= 11 is 0. The molecule has 1 aromatic rings. The average molecular weight is 343 g/mol. The molecule has 0 aromatic heterocycles. The van der Waals surface area contributed by atoms with E-state index in [9.17, 15) is 4.79 Å². The Kier molecular flexibility index (Phi) is 5.06. The van der Waals surface area contributed by atoms with Crippen LogP contribution in [0, 0.1) is 5.92 Å². The minimum absolute atomic E-state index is 0.168. The molecule has 0 aliphatic carbocycles. The van der Waals surface area contributed by atoms with Crippen LogP contribution in [0.1, 0.15) is 18.4 Å². The Morgan fingerprint density at radius 3 is 2.80 bits per heavy atom. The normalized spacial score (nSPS) is 31.1. The Morgan fingerprint density at radius 2 is 2.00 bits per heavy atom. The number of hydrogen-bond donors (Lipinski definition) is 0. The summed E-state index contributed by atoms with van der Waals surface area (Å²) in [6.07, 6.45) is 2.33. The van der Waals surface area contributed by atoms with Gasteiger partial charge in [0.1, 0.15) is 0 Å². The van der Waals surface area contributed by atoms with Crippen LogP contribution in [0.2, 0.25) is 0 Å². The number of amides is 1. The number of carbonyl (C=O) groups excluding carboxylic acids is 1. The third-order valence-corrected chi connectivity index (χ3v) is 5.93. The van der Waals surface area contributed by atoms with Gasteiger partial charge in [-0.25, -0.2) is 0 Å². The van der Waals surface area contributed by atoms with Crippen LogP contribution in [0.5, 0.6) is 0 Å². The van der Waals surface area contributed by atoms with Gasteiger partial charge in [-0.2, -0.15) is 0 Å². The molecule has 25 heavy (non-hydrogen) atoms. The van der Waals surface area contributed by atoms with E-state index in [0.29, 0.717) is 11.9 Å². The number of ether oxygens (including phenoxy) is 1. The minimum Gasteiger partial charge on any atom is -0.373 e. The molecule has 0 bridgehead atoms. The maximum atomic E-state index is 13.0. The Balaban J connectivity index is 1.41. The SMILES string of the molecule is CN1CCC[C@H](C(=O)N2C[C@@H]3OCCN(Cc4ccccc4)[C@H]3C2)C1. The van der Waals surface area contributed by atoms with Crippen molar-refractivity contribution in [1.29, 1.82) is 0 Å². The fourth-order valence-electron chi connectivity index (χ4n) is 4.58. The highest BCUT2D eigenvalue weighted by Gasteiger charge is 2.43. The van der Waals surface area contributed by atoms with Crippen LogP contribution < -0.4 is 0 Å². The van der Waals surface area contributed by atoms with Crippen molar-refractivity contribution in [2.24, 2.45) is 5.92 Å². The number of benzene rings is 1. The molecule has 0 unspecified atom stereocenters. The maximum Gasteiger partial charge on any atom is 0.227 e. The number of likely N-dealkylation sites (tertiary alicyclic amines) is 2. The van der Waals surface area contributed by atoms with E-state index in [1.807, 2.05) is 0 Å². The predicted molar refractivity (Wildman–Crippen MR) is 97.2 cm³/mol. The van der Waals surface area contributed by atoms with Crippen molar-refractivity contribution in [3.05, 3.63) is 35.9 Å². The summed E-state index contributed by atoms with van der Waals surface area (Å²) in [5.41, 5.74) is 1.34. The van der Waals surface area contributed by atoms with E-state index in [1.165, 1.54) is 5.56 Å². The molecule has 3 atom stereocenters. The van der Waals surface area contributed by atoms with Gasteiger partial charge in [0, 0.05) is 32.7 Å². The summed E-state index contributed by atoms with van der Waals surface area (Å²) < 4.78 is 6.01. The van der Waals surface area contributed by atoms with E-state index in [-0.39, 0.29) is 12.0 Å². The highest BCUT2D eigenvalue weighted by molar-refractivity contribution is 5.79. The molecule has 3 heterocycles. The van der Waals surface area contributed by atoms with Gasteiger partial charge in [-0.1, -0.05) is 30.3 Å². The lowest BCUT2D eigenvalue weighted by molar-refractivity contribution is -0.136. The molecule has 1 aromatic carbocycles. The van der Waals surface area contributed by atoms with Crippen LogP contribution in [0.3, 0.4) is 0 Å². The molecule has 3 aliphatic rings. The number of carbonyl (C=O) groups is 1. The van der Waals surface area contributed by atoms with E-state index in [0.717, 1.165) is 58.7 Å². The summed E-state index contributed by atoms with van der Waals surface area (Å²) in [6.45, 7) is 6.25. The van der Waals surface area contributed by atoms with E-state index < -0.39 is 0 Å². The average Bonchev–Trinajstić information content (AvgIpc) is 3.07. The topological polar surface area (TPSA) is 36.0 Å². The minimum atomic E-state index is 0.168. The van der Waals surface area contributed by atoms with Crippen molar-refractivity contribution in [3.8, 4) is 0 Å². The molecule has 3 saturated heterocycles. The van der Waals surface area contributed by atoms with Gasteiger partial charge in [0.2, 0.25) is 5.91 Å². The molecule has 3 aliphatic heterocycles. The first-order chi connectivity index (χ1) is 12.2. The van der Waals surface area contributed by atoms with Gasteiger partial charge < -0.3 is 14.5 Å². The number of piperidine rings is 1. The highest BCUT2D eigenvalue weighted by Crippen LogP contribution is 2.27. The zero-order valence-electron chi connectivity index (χ0n) is 15.1. The number of nitrogens with zero attached hydrogens (tertiary/aromatic N) is 3. The van der Waals surface area contributed by atoms with Crippen molar-refractivity contribution >= 4 is 5.91 Å². The molecule has 0 N–H and O–H groups in total. The molecule has 136 valence electrons. The highest BCUT2D eigenvalue weighted by atomic mass is 16.5. The van der Waals surface area contributed by atoms with Crippen LogP contribution in [0.4, 0.5) is 0 Å².